The second-order valence-corrected chi connectivity index (χ2v) is 6.23. The van der Waals surface area contributed by atoms with Crippen LogP contribution >= 0.6 is 11.3 Å². The number of nitrogens with zero attached hydrogens (tertiary/aromatic N) is 1. The highest BCUT2D eigenvalue weighted by molar-refractivity contribution is 7.13. The van der Waals surface area contributed by atoms with Crippen molar-refractivity contribution < 1.29 is 23.2 Å². The molecule has 7 nitrogen and oxygen atoms in total. The molecule has 8 heteroatoms. The Kier molecular flexibility index (Phi) is 4.99. The molecule has 1 amide bonds. The minimum atomic E-state index is -0.818. The molecule has 1 atom stereocenters. The highest BCUT2D eigenvalue weighted by Crippen LogP contribution is 2.26. The number of carbonyl (C=O) groups excluding carboxylic acids is 2. The molecule has 0 saturated heterocycles. The van der Waals surface area contributed by atoms with Crippen molar-refractivity contribution in [2.75, 3.05) is 0 Å². The molecule has 0 bridgehead atoms. The van der Waals surface area contributed by atoms with E-state index >= 15 is 0 Å². The van der Waals surface area contributed by atoms with E-state index in [0.29, 0.717) is 17.3 Å². The SMILES string of the molecule is Cc1oc(-c2cccs2)nc1COC(=O)[C@H](C)NC(=O)c1ccco1. The molecule has 3 rings (SSSR count). The lowest BCUT2D eigenvalue weighted by Crippen LogP contribution is -2.39. The molecule has 0 spiro atoms. The van der Waals surface area contributed by atoms with Gasteiger partial charge in [0, 0.05) is 0 Å². The zero-order valence-electron chi connectivity index (χ0n) is 13.6. The van der Waals surface area contributed by atoms with Crippen LogP contribution in [0.25, 0.3) is 10.8 Å². The quantitative estimate of drug-likeness (QED) is 0.679. The Morgan fingerprint density at radius 1 is 1.36 bits per heavy atom. The van der Waals surface area contributed by atoms with E-state index in [-0.39, 0.29) is 12.4 Å². The molecular formula is C17H16N2O5S. The van der Waals surface area contributed by atoms with Gasteiger partial charge in [0.15, 0.2) is 5.76 Å². The van der Waals surface area contributed by atoms with Crippen LogP contribution in [-0.2, 0) is 16.1 Å². The van der Waals surface area contributed by atoms with Gasteiger partial charge in [-0.2, -0.15) is 0 Å². The van der Waals surface area contributed by atoms with E-state index in [4.69, 9.17) is 13.6 Å². The number of furan rings is 1. The van der Waals surface area contributed by atoms with Crippen LogP contribution in [0, 0.1) is 6.92 Å². The molecule has 25 heavy (non-hydrogen) atoms. The summed E-state index contributed by atoms with van der Waals surface area (Å²) in [5.41, 5.74) is 0.543. The van der Waals surface area contributed by atoms with Crippen molar-refractivity contribution in [3.05, 3.63) is 53.1 Å². The fraction of sp³-hybridized carbons (Fsp3) is 0.235. The third-order valence-electron chi connectivity index (χ3n) is 3.42. The Morgan fingerprint density at radius 2 is 2.20 bits per heavy atom. The van der Waals surface area contributed by atoms with E-state index in [0.717, 1.165) is 4.88 Å². The van der Waals surface area contributed by atoms with E-state index < -0.39 is 17.9 Å². The van der Waals surface area contributed by atoms with Crippen molar-refractivity contribution in [1.82, 2.24) is 10.3 Å². The second-order valence-electron chi connectivity index (χ2n) is 5.28. The van der Waals surface area contributed by atoms with Gasteiger partial charge in [-0.1, -0.05) is 6.07 Å². The number of hydrogen-bond donors (Lipinski definition) is 1. The maximum Gasteiger partial charge on any atom is 0.328 e. The summed E-state index contributed by atoms with van der Waals surface area (Å²) in [6.07, 6.45) is 1.39. The number of aryl methyl sites for hydroxylation is 1. The van der Waals surface area contributed by atoms with Crippen LogP contribution in [0.4, 0.5) is 0 Å². The van der Waals surface area contributed by atoms with Crippen molar-refractivity contribution in [1.29, 1.82) is 0 Å². The van der Waals surface area contributed by atoms with Crippen molar-refractivity contribution in [3.8, 4) is 10.8 Å². The molecule has 130 valence electrons. The summed E-state index contributed by atoms with van der Waals surface area (Å²) < 4.78 is 15.8. The van der Waals surface area contributed by atoms with E-state index in [2.05, 4.69) is 10.3 Å². The van der Waals surface area contributed by atoms with Gasteiger partial charge in [-0.05, 0) is 37.4 Å². The first-order chi connectivity index (χ1) is 12.0. The lowest BCUT2D eigenvalue weighted by atomic mass is 10.3. The molecule has 3 heterocycles. The van der Waals surface area contributed by atoms with Crippen molar-refractivity contribution >= 4 is 23.2 Å². The summed E-state index contributed by atoms with van der Waals surface area (Å²) in [5.74, 6) is 0.167. The third kappa shape index (κ3) is 3.97. The average Bonchev–Trinajstić information content (AvgIpc) is 3.33. The molecular weight excluding hydrogens is 344 g/mol. The van der Waals surface area contributed by atoms with Gasteiger partial charge in [-0.25, -0.2) is 9.78 Å². The van der Waals surface area contributed by atoms with Gasteiger partial charge in [-0.15, -0.1) is 11.3 Å². The molecule has 3 aromatic rings. The van der Waals surface area contributed by atoms with Gasteiger partial charge in [0.05, 0.1) is 11.1 Å². The Morgan fingerprint density at radius 3 is 2.88 bits per heavy atom. The van der Waals surface area contributed by atoms with Crippen LogP contribution in [-0.4, -0.2) is 22.9 Å². The maximum atomic E-state index is 12.0. The van der Waals surface area contributed by atoms with Gasteiger partial charge in [-0.3, -0.25) is 4.79 Å². The monoisotopic (exact) mass is 360 g/mol. The topological polar surface area (TPSA) is 94.6 Å². The number of aromatic nitrogens is 1. The van der Waals surface area contributed by atoms with Crippen LogP contribution in [0.1, 0.15) is 28.9 Å². The van der Waals surface area contributed by atoms with E-state index in [9.17, 15) is 9.59 Å². The zero-order valence-corrected chi connectivity index (χ0v) is 14.5. The van der Waals surface area contributed by atoms with E-state index in [1.54, 1.807) is 13.0 Å². The number of oxazole rings is 1. The lowest BCUT2D eigenvalue weighted by molar-refractivity contribution is -0.146. The molecule has 0 aromatic carbocycles. The van der Waals surface area contributed by atoms with Crippen molar-refractivity contribution in [3.63, 3.8) is 0 Å². The minimum Gasteiger partial charge on any atom is -0.459 e. The summed E-state index contributed by atoms with van der Waals surface area (Å²) in [6, 6.07) is 6.09. The Labute approximate surface area is 147 Å². The normalized spacial score (nSPS) is 11.9. The van der Waals surface area contributed by atoms with Crippen molar-refractivity contribution in [2.45, 2.75) is 26.5 Å². The standard InChI is InChI=1S/C17H16N2O5S/c1-10(18-15(20)13-5-3-7-22-13)17(21)23-9-12-11(2)24-16(19-12)14-6-4-8-25-14/h3-8,10H,9H2,1-2H3,(H,18,20)/t10-/m0/s1. The number of rotatable bonds is 6. The first kappa shape index (κ1) is 17.0. The molecule has 0 saturated carbocycles. The molecule has 1 N–H and O–H groups in total. The average molecular weight is 360 g/mol. The van der Waals surface area contributed by atoms with E-state index in [1.807, 2.05) is 17.5 Å². The van der Waals surface area contributed by atoms with E-state index in [1.165, 1.54) is 30.6 Å². The van der Waals surface area contributed by atoms with Crippen LogP contribution in [0.3, 0.4) is 0 Å². The number of carbonyl (C=O) groups is 2. The number of esters is 1. The molecule has 0 radical (unpaired) electrons. The summed E-state index contributed by atoms with van der Waals surface area (Å²) >= 11 is 1.51. The Hall–Kier alpha value is -2.87. The molecule has 3 aromatic heterocycles. The summed E-state index contributed by atoms with van der Waals surface area (Å²) in [7, 11) is 0. The van der Waals surface area contributed by atoms with Crippen LogP contribution in [0.15, 0.2) is 44.7 Å². The number of ether oxygens (including phenoxy) is 1. The number of hydrogen-bond acceptors (Lipinski definition) is 7. The number of amides is 1. The van der Waals surface area contributed by atoms with Crippen LogP contribution in [0.5, 0.6) is 0 Å². The van der Waals surface area contributed by atoms with Crippen molar-refractivity contribution in [2.24, 2.45) is 0 Å². The Balaban J connectivity index is 1.56. The summed E-state index contributed by atoms with van der Waals surface area (Å²) in [5, 5.41) is 4.44. The molecule has 0 aliphatic carbocycles. The summed E-state index contributed by atoms with van der Waals surface area (Å²) in [4.78, 5) is 29.1. The molecule has 0 aliphatic heterocycles. The molecule has 0 aliphatic rings. The highest BCUT2D eigenvalue weighted by Gasteiger charge is 2.21. The third-order valence-corrected chi connectivity index (χ3v) is 4.28. The van der Waals surface area contributed by atoms with Gasteiger partial charge in [0.25, 0.3) is 5.91 Å². The first-order valence-electron chi connectivity index (χ1n) is 7.56. The highest BCUT2D eigenvalue weighted by atomic mass is 32.1. The zero-order chi connectivity index (χ0) is 17.8. The second kappa shape index (κ2) is 7.35. The number of nitrogens with one attached hydrogen (secondary N) is 1. The van der Waals surface area contributed by atoms with Gasteiger partial charge < -0.3 is 18.9 Å². The minimum absolute atomic E-state index is 0.0273. The number of thiophene rings is 1. The van der Waals surface area contributed by atoms with Gasteiger partial charge in [0.2, 0.25) is 5.89 Å². The fourth-order valence-electron chi connectivity index (χ4n) is 2.07. The van der Waals surface area contributed by atoms with Crippen LogP contribution < -0.4 is 5.32 Å². The molecule has 0 fully saturated rings. The predicted molar refractivity (Wildman–Crippen MR) is 90.0 cm³/mol. The Bertz CT molecular complexity index is 852. The molecule has 0 unspecified atom stereocenters. The predicted octanol–water partition coefficient (Wildman–Crippen LogP) is 3.17. The summed E-state index contributed by atoms with van der Waals surface area (Å²) in [6.45, 7) is 3.27. The van der Waals surface area contributed by atoms with Gasteiger partial charge >= 0.3 is 5.97 Å². The van der Waals surface area contributed by atoms with Gasteiger partial charge in [0.1, 0.15) is 24.1 Å². The van der Waals surface area contributed by atoms with Crippen LogP contribution in [0.2, 0.25) is 0 Å². The smallest absolute Gasteiger partial charge is 0.328 e. The largest absolute Gasteiger partial charge is 0.459 e. The first-order valence-corrected chi connectivity index (χ1v) is 8.43. The maximum absolute atomic E-state index is 12.0. The lowest BCUT2D eigenvalue weighted by Gasteiger charge is -2.11. The fourth-order valence-corrected chi connectivity index (χ4v) is 2.72.